The molecule has 0 N–H and O–H groups in total. The largest absolute Gasteiger partial charge is 0.544 e. The Kier molecular flexibility index (Phi) is 8.10. The summed E-state index contributed by atoms with van der Waals surface area (Å²) in [5.74, 6) is 0.802. The zero-order valence-electron chi connectivity index (χ0n) is 23.3. The summed E-state index contributed by atoms with van der Waals surface area (Å²) >= 11 is 0. The zero-order chi connectivity index (χ0) is 26.0. The lowest BCUT2D eigenvalue weighted by Crippen LogP contribution is -2.66. The van der Waals surface area contributed by atoms with Gasteiger partial charge in [0.25, 0.3) is 8.32 Å². The van der Waals surface area contributed by atoms with Crippen LogP contribution in [0.2, 0.25) is 23.2 Å². The molecule has 0 spiro atoms. The summed E-state index contributed by atoms with van der Waals surface area (Å²) in [5, 5.41) is 2.86. The van der Waals surface area contributed by atoms with Crippen LogP contribution in [0, 0.1) is 5.41 Å². The zero-order valence-corrected chi connectivity index (χ0v) is 25.3. The predicted molar refractivity (Wildman–Crippen MR) is 156 cm³/mol. The summed E-state index contributed by atoms with van der Waals surface area (Å²) in [7, 11) is -4.34. The molecule has 0 bridgehead atoms. The van der Waals surface area contributed by atoms with E-state index in [-0.39, 0.29) is 15.5 Å². The van der Waals surface area contributed by atoms with Gasteiger partial charge in [0.1, 0.15) is 0 Å². The maximum absolute atomic E-state index is 7.13. The van der Waals surface area contributed by atoms with E-state index in [9.17, 15) is 0 Å². The summed E-state index contributed by atoms with van der Waals surface area (Å²) in [4.78, 5) is 0. The monoisotopic (exact) mass is 506 g/mol. The third kappa shape index (κ3) is 6.28. The van der Waals surface area contributed by atoms with Crippen LogP contribution >= 0.6 is 0 Å². The third-order valence-corrected chi connectivity index (χ3v) is 17.5. The summed E-state index contributed by atoms with van der Waals surface area (Å²) in [5.41, 5.74) is 0.213. The first-order chi connectivity index (χ1) is 16.2. The van der Waals surface area contributed by atoms with E-state index in [1.54, 1.807) is 0 Å². The summed E-state index contributed by atoms with van der Waals surface area (Å²) in [6, 6.07) is 21.8. The normalized spacial score (nSPS) is 16.3. The predicted octanol–water partition coefficient (Wildman–Crippen LogP) is 7.83. The average Bonchev–Trinajstić information content (AvgIpc) is 3.55. The fourth-order valence-corrected chi connectivity index (χ4v) is 10.2. The van der Waals surface area contributed by atoms with E-state index in [4.69, 9.17) is 8.85 Å². The smallest absolute Gasteiger partial charge is 0.261 e. The molecule has 2 aromatic carbocycles. The van der Waals surface area contributed by atoms with Crippen molar-refractivity contribution in [3.63, 3.8) is 0 Å². The van der Waals surface area contributed by atoms with Gasteiger partial charge < -0.3 is 8.85 Å². The van der Waals surface area contributed by atoms with E-state index in [1.165, 1.54) is 23.2 Å². The summed E-state index contributed by atoms with van der Waals surface area (Å²) in [6.45, 7) is 23.3. The number of hydrogen-bond donors (Lipinski definition) is 0. The first-order valence-corrected chi connectivity index (χ1v) is 17.9. The van der Waals surface area contributed by atoms with Crippen LogP contribution in [-0.4, -0.2) is 23.2 Å². The lowest BCUT2D eigenvalue weighted by molar-refractivity contribution is 0.270. The molecule has 0 amide bonds. The molecule has 4 heteroatoms. The molecule has 0 aromatic heterocycles. The molecule has 0 radical (unpaired) electrons. The minimum Gasteiger partial charge on any atom is -0.544 e. The summed E-state index contributed by atoms with van der Waals surface area (Å²) < 4.78 is 13.5. The Morgan fingerprint density at radius 3 is 1.74 bits per heavy atom. The van der Waals surface area contributed by atoms with Crippen LogP contribution in [0.3, 0.4) is 0 Å². The molecule has 1 aliphatic rings. The number of benzene rings is 2. The molecule has 35 heavy (non-hydrogen) atoms. The van der Waals surface area contributed by atoms with Gasteiger partial charge in [-0.2, -0.15) is 0 Å². The van der Waals surface area contributed by atoms with Gasteiger partial charge in [-0.3, -0.25) is 0 Å². The minimum absolute atomic E-state index is 0.00749. The molecule has 2 nitrogen and oxygen atoms in total. The molecule has 2 aromatic rings. The molecule has 1 fully saturated rings. The van der Waals surface area contributed by atoms with Crippen molar-refractivity contribution in [1.82, 2.24) is 0 Å². The Morgan fingerprint density at radius 2 is 1.34 bits per heavy atom. The third-order valence-electron chi connectivity index (χ3n) is 8.04. The van der Waals surface area contributed by atoms with Crippen LogP contribution in [0.15, 0.2) is 85.2 Å². The summed E-state index contributed by atoms with van der Waals surface area (Å²) in [6.07, 6.45) is 7.91. The second-order valence-corrected chi connectivity index (χ2v) is 21.8. The molecular weight excluding hydrogens is 461 g/mol. The molecule has 190 valence electrons. The Balaban J connectivity index is 1.77. The van der Waals surface area contributed by atoms with Crippen LogP contribution in [0.25, 0.3) is 0 Å². The van der Waals surface area contributed by atoms with E-state index in [2.05, 4.69) is 134 Å². The first kappa shape index (κ1) is 27.7. The van der Waals surface area contributed by atoms with Crippen molar-refractivity contribution in [3.05, 3.63) is 85.2 Å². The molecule has 0 aliphatic heterocycles. The maximum atomic E-state index is 7.13. The highest BCUT2D eigenvalue weighted by Gasteiger charge is 2.51. The quantitative estimate of drug-likeness (QED) is 0.186. The molecule has 1 aliphatic carbocycles. The molecule has 3 rings (SSSR count). The van der Waals surface area contributed by atoms with Gasteiger partial charge in [-0.15, -0.1) is 0 Å². The second-order valence-electron chi connectivity index (χ2n) is 12.8. The van der Waals surface area contributed by atoms with Crippen LogP contribution in [-0.2, 0) is 8.85 Å². The topological polar surface area (TPSA) is 18.5 Å². The van der Waals surface area contributed by atoms with Gasteiger partial charge in [0, 0.05) is 6.61 Å². The van der Waals surface area contributed by atoms with Crippen molar-refractivity contribution in [1.29, 1.82) is 0 Å². The number of hydrogen-bond acceptors (Lipinski definition) is 2. The van der Waals surface area contributed by atoms with E-state index < -0.39 is 16.6 Å². The van der Waals surface area contributed by atoms with E-state index in [0.717, 1.165) is 18.8 Å². The van der Waals surface area contributed by atoms with Crippen LogP contribution in [0.4, 0.5) is 0 Å². The Bertz CT molecular complexity index is 968. The molecular formula is C31H46O2Si2. The lowest BCUT2D eigenvalue weighted by Gasteiger charge is -2.43. The molecule has 1 saturated carbocycles. The van der Waals surface area contributed by atoms with Gasteiger partial charge in [0.05, 0.1) is 5.76 Å². The van der Waals surface area contributed by atoms with Gasteiger partial charge in [-0.1, -0.05) is 115 Å². The van der Waals surface area contributed by atoms with Gasteiger partial charge >= 0.3 is 0 Å². The van der Waals surface area contributed by atoms with Gasteiger partial charge in [-0.05, 0) is 64.3 Å². The van der Waals surface area contributed by atoms with E-state index in [0.29, 0.717) is 0 Å². The molecule has 0 saturated heterocycles. The van der Waals surface area contributed by atoms with Gasteiger partial charge in [-0.25, -0.2) is 0 Å². The fourth-order valence-electron chi connectivity index (χ4n) is 4.61. The van der Waals surface area contributed by atoms with Crippen molar-refractivity contribution >= 4 is 27.0 Å². The average molecular weight is 507 g/mol. The van der Waals surface area contributed by atoms with Crippen LogP contribution in [0.5, 0.6) is 0 Å². The van der Waals surface area contributed by atoms with Crippen molar-refractivity contribution in [2.24, 2.45) is 5.41 Å². The molecule has 0 unspecified atom stereocenters. The van der Waals surface area contributed by atoms with Crippen LogP contribution < -0.4 is 10.4 Å². The Morgan fingerprint density at radius 1 is 0.857 bits per heavy atom. The Hall–Kier alpha value is -1.89. The maximum Gasteiger partial charge on any atom is 0.261 e. The van der Waals surface area contributed by atoms with Gasteiger partial charge in [0.2, 0.25) is 8.32 Å². The highest BCUT2D eigenvalue weighted by molar-refractivity contribution is 6.99. The Labute approximate surface area is 216 Å². The lowest BCUT2D eigenvalue weighted by atomic mass is 10.0. The SMILES string of the molecule is C=C(/C=C/C1(CCO[Si](c2ccccc2)(c2ccccc2)C(C)(C)C)CC1)O[Si](C)(C)C(C)(C)C. The van der Waals surface area contributed by atoms with Crippen molar-refractivity contribution in [2.75, 3.05) is 6.61 Å². The van der Waals surface area contributed by atoms with E-state index >= 15 is 0 Å². The van der Waals surface area contributed by atoms with E-state index in [1.807, 2.05) is 0 Å². The highest BCUT2D eigenvalue weighted by atomic mass is 28.4. The second kappa shape index (κ2) is 10.2. The number of rotatable bonds is 10. The van der Waals surface area contributed by atoms with Crippen molar-refractivity contribution in [3.8, 4) is 0 Å². The fraction of sp³-hybridized carbons (Fsp3) is 0.484. The first-order valence-electron chi connectivity index (χ1n) is 13.0. The van der Waals surface area contributed by atoms with Crippen LogP contribution in [0.1, 0.15) is 60.8 Å². The number of allylic oxidation sites excluding steroid dienone is 2. The van der Waals surface area contributed by atoms with Gasteiger partial charge in [0.15, 0.2) is 0 Å². The minimum atomic E-state index is -2.48. The standard InChI is InChI=1S/C31H46O2Si2/c1-26(33-34(8,9)29(2,3)4)20-21-31(22-23-31)24-25-32-35(30(5,6)7,27-16-12-10-13-17-27)28-18-14-11-15-19-28/h10-21H,1,22-25H2,2-9H3/b21-20+. The van der Waals surface area contributed by atoms with Crippen molar-refractivity contribution in [2.45, 2.75) is 84.0 Å². The molecule has 0 heterocycles. The van der Waals surface area contributed by atoms with Crippen molar-refractivity contribution < 1.29 is 8.85 Å². The highest BCUT2D eigenvalue weighted by Crippen LogP contribution is 2.51. The molecule has 0 atom stereocenters.